The van der Waals surface area contributed by atoms with Gasteiger partial charge < -0.3 is 10.2 Å². The summed E-state index contributed by atoms with van der Waals surface area (Å²) in [6.45, 7) is 0. The maximum absolute atomic E-state index is 10.5. The van der Waals surface area contributed by atoms with Gasteiger partial charge in [-0.15, -0.1) is 0 Å². The second-order valence-corrected chi connectivity index (χ2v) is 5.72. The van der Waals surface area contributed by atoms with Gasteiger partial charge in [0.1, 0.15) is 0 Å². The first kappa shape index (κ1) is 14.1. The minimum atomic E-state index is 0.382. The second kappa shape index (κ2) is 6.71. The average Bonchev–Trinajstić information content (AvgIpc) is 2.42. The molecule has 0 saturated heterocycles. The molecule has 3 nitrogen and oxygen atoms in total. The van der Waals surface area contributed by atoms with Crippen LogP contribution in [0.1, 0.15) is 37.3 Å². The molecule has 1 unspecified atom stereocenters. The lowest BCUT2D eigenvalue weighted by Gasteiger charge is -2.37. The minimum Gasteiger partial charge on any atom is -0.356 e. The van der Waals surface area contributed by atoms with Crippen molar-refractivity contribution in [1.82, 2.24) is 10.2 Å². The van der Waals surface area contributed by atoms with Crippen molar-refractivity contribution in [1.29, 1.82) is 0 Å². The van der Waals surface area contributed by atoms with Gasteiger partial charge in [0, 0.05) is 12.1 Å². The monoisotopic (exact) mass is 260 g/mol. The molecule has 1 fully saturated rings. The van der Waals surface area contributed by atoms with Crippen LogP contribution in [0.15, 0.2) is 30.3 Å². The molecule has 1 aromatic carbocycles. The zero-order valence-electron chi connectivity index (χ0n) is 11.9. The van der Waals surface area contributed by atoms with Crippen LogP contribution in [0.3, 0.4) is 0 Å². The molecule has 0 radical (unpaired) electrons. The number of benzene rings is 1. The first-order valence-corrected chi connectivity index (χ1v) is 7.13. The van der Waals surface area contributed by atoms with Gasteiger partial charge in [0.15, 0.2) is 0 Å². The Kier molecular flexibility index (Phi) is 4.97. The van der Waals surface area contributed by atoms with Gasteiger partial charge in [-0.05, 0) is 51.3 Å². The number of carbonyl (C=O) groups is 1. The molecule has 1 amide bonds. The molecule has 1 saturated carbocycles. The summed E-state index contributed by atoms with van der Waals surface area (Å²) in [6.07, 6.45) is 5.40. The zero-order valence-corrected chi connectivity index (χ0v) is 11.9. The fourth-order valence-electron chi connectivity index (χ4n) is 3.34. The molecule has 0 spiro atoms. The van der Waals surface area contributed by atoms with Crippen LogP contribution in [0.25, 0.3) is 0 Å². The topological polar surface area (TPSA) is 32.3 Å². The van der Waals surface area contributed by atoms with Crippen molar-refractivity contribution in [3.05, 3.63) is 35.9 Å². The highest BCUT2D eigenvalue weighted by molar-refractivity contribution is 5.46. The van der Waals surface area contributed by atoms with E-state index in [1.165, 1.54) is 18.4 Å². The predicted octanol–water partition coefficient (Wildman–Crippen LogP) is 2.59. The van der Waals surface area contributed by atoms with Gasteiger partial charge in [0.2, 0.25) is 6.41 Å². The number of nitrogens with zero attached hydrogens (tertiary/aromatic N) is 1. The van der Waals surface area contributed by atoms with Crippen molar-refractivity contribution in [2.45, 2.75) is 37.8 Å². The van der Waals surface area contributed by atoms with E-state index in [0.717, 1.165) is 19.3 Å². The van der Waals surface area contributed by atoms with Crippen LogP contribution in [0.2, 0.25) is 0 Å². The Bertz CT molecular complexity index is 383. The molecule has 0 bridgehead atoms. The van der Waals surface area contributed by atoms with Crippen molar-refractivity contribution in [3.8, 4) is 0 Å². The van der Waals surface area contributed by atoms with Crippen molar-refractivity contribution >= 4 is 6.41 Å². The van der Waals surface area contributed by atoms with Gasteiger partial charge in [-0.1, -0.05) is 30.3 Å². The van der Waals surface area contributed by atoms with Crippen LogP contribution in [-0.4, -0.2) is 31.4 Å². The molecule has 0 heterocycles. The quantitative estimate of drug-likeness (QED) is 0.825. The van der Waals surface area contributed by atoms with E-state index < -0.39 is 0 Å². The first-order valence-electron chi connectivity index (χ1n) is 7.13. The lowest BCUT2D eigenvalue weighted by molar-refractivity contribution is -0.110. The lowest BCUT2D eigenvalue weighted by Crippen LogP contribution is -2.36. The summed E-state index contributed by atoms with van der Waals surface area (Å²) >= 11 is 0. The number of nitrogens with one attached hydrogen (secondary N) is 1. The maximum Gasteiger partial charge on any atom is 0.207 e. The zero-order chi connectivity index (χ0) is 13.7. The summed E-state index contributed by atoms with van der Waals surface area (Å²) < 4.78 is 0. The van der Waals surface area contributed by atoms with E-state index in [9.17, 15) is 4.79 Å². The highest BCUT2D eigenvalue weighted by atomic mass is 16.1. The number of hydrogen-bond donors (Lipinski definition) is 1. The summed E-state index contributed by atoms with van der Waals surface area (Å²) in [5.74, 6) is 0.683. The third-order valence-corrected chi connectivity index (χ3v) is 4.22. The number of hydrogen-bond acceptors (Lipinski definition) is 2. The van der Waals surface area contributed by atoms with E-state index in [0.29, 0.717) is 18.0 Å². The van der Waals surface area contributed by atoms with E-state index in [1.807, 2.05) is 0 Å². The summed E-state index contributed by atoms with van der Waals surface area (Å²) in [7, 11) is 4.32. The Balaban J connectivity index is 2.04. The number of carbonyl (C=O) groups excluding carboxylic acids is 1. The molecule has 1 aliphatic carbocycles. The van der Waals surface area contributed by atoms with Crippen molar-refractivity contribution in [3.63, 3.8) is 0 Å². The van der Waals surface area contributed by atoms with Gasteiger partial charge in [-0.3, -0.25) is 4.79 Å². The largest absolute Gasteiger partial charge is 0.356 e. The Morgan fingerprint density at radius 3 is 2.32 bits per heavy atom. The third kappa shape index (κ3) is 3.57. The van der Waals surface area contributed by atoms with E-state index in [1.54, 1.807) is 0 Å². The molecule has 1 aliphatic rings. The molecule has 19 heavy (non-hydrogen) atoms. The fourth-order valence-corrected chi connectivity index (χ4v) is 3.34. The minimum absolute atomic E-state index is 0.382. The van der Waals surface area contributed by atoms with Crippen LogP contribution in [0.4, 0.5) is 0 Å². The maximum atomic E-state index is 10.5. The Hall–Kier alpha value is -1.35. The van der Waals surface area contributed by atoms with Crippen molar-refractivity contribution in [2.24, 2.45) is 5.92 Å². The molecule has 1 N–H and O–H groups in total. The van der Waals surface area contributed by atoms with Gasteiger partial charge in [-0.2, -0.15) is 0 Å². The van der Waals surface area contributed by atoms with Crippen molar-refractivity contribution in [2.75, 3.05) is 14.1 Å². The fraction of sp³-hybridized carbons (Fsp3) is 0.562. The lowest BCUT2D eigenvalue weighted by atomic mass is 9.79. The molecular weight excluding hydrogens is 236 g/mol. The summed E-state index contributed by atoms with van der Waals surface area (Å²) in [4.78, 5) is 12.8. The van der Waals surface area contributed by atoms with Crippen molar-refractivity contribution < 1.29 is 4.79 Å². The molecule has 2 rings (SSSR count). The number of rotatable bonds is 5. The summed E-state index contributed by atoms with van der Waals surface area (Å²) in [5, 5.41) is 2.92. The van der Waals surface area contributed by atoms with Gasteiger partial charge in [0.05, 0.1) is 0 Å². The van der Waals surface area contributed by atoms with E-state index in [4.69, 9.17) is 0 Å². The second-order valence-electron chi connectivity index (χ2n) is 5.72. The first-order chi connectivity index (χ1) is 9.22. The van der Waals surface area contributed by atoms with E-state index in [2.05, 4.69) is 54.6 Å². The Labute approximate surface area is 116 Å². The SMILES string of the molecule is CN(C)C(c1ccccc1)C1CCC(NC=O)CC1. The normalized spacial score (nSPS) is 25.0. The van der Waals surface area contributed by atoms with Gasteiger partial charge in [0.25, 0.3) is 0 Å². The molecule has 1 aromatic rings. The van der Waals surface area contributed by atoms with Gasteiger partial charge >= 0.3 is 0 Å². The van der Waals surface area contributed by atoms with Crippen LogP contribution in [0, 0.1) is 5.92 Å². The molecule has 104 valence electrons. The van der Waals surface area contributed by atoms with Crippen LogP contribution in [0.5, 0.6) is 0 Å². The summed E-state index contributed by atoms with van der Waals surface area (Å²) in [5.41, 5.74) is 1.40. The van der Waals surface area contributed by atoms with Gasteiger partial charge in [-0.25, -0.2) is 0 Å². The van der Waals surface area contributed by atoms with Crippen LogP contribution in [-0.2, 0) is 4.79 Å². The highest BCUT2D eigenvalue weighted by Gasteiger charge is 2.29. The van der Waals surface area contributed by atoms with E-state index >= 15 is 0 Å². The number of amides is 1. The standard InChI is InChI=1S/C16H24N2O/c1-18(2)16(13-6-4-3-5-7-13)14-8-10-15(11-9-14)17-12-19/h3-7,12,14-16H,8-11H2,1-2H3,(H,17,19). The van der Waals surface area contributed by atoms with Crippen LogP contribution < -0.4 is 5.32 Å². The van der Waals surface area contributed by atoms with E-state index in [-0.39, 0.29) is 0 Å². The Morgan fingerprint density at radius 2 is 1.79 bits per heavy atom. The predicted molar refractivity (Wildman–Crippen MR) is 77.8 cm³/mol. The Morgan fingerprint density at radius 1 is 1.16 bits per heavy atom. The molecule has 0 aromatic heterocycles. The molecule has 3 heteroatoms. The third-order valence-electron chi connectivity index (χ3n) is 4.22. The molecule has 0 aliphatic heterocycles. The molecule has 1 atom stereocenters. The summed E-state index contributed by atoms with van der Waals surface area (Å²) in [6, 6.07) is 11.6. The average molecular weight is 260 g/mol. The highest BCUT2D eigenvalue weighted by Crippen LogP contribution is 2.37. The van der Waals surface area contributed by atoms with Crippen LogP contribution >= 0.6 is 0 Å². The smallest absolute Gasteiger partial charge is 0.207 e. The molecular formula is C16H24N2O.